The molecule has 152 valence electrons. The molecule has 0 atom stereocenters. The van der Waals surface area contributed by atoms with Crippen molar-refractivity contribution in [3.05, 3.63) is 93.2 Å². The summed E-state index contributed by atoms with van der Waals surface area (Å²) in [5.74, 6) is 0.884. The van der Waals surface area contributed by atoms with E-state index >= 15 is 0 Å². The molecule has 3 nitrogen and oxygen atoms in total. The van der Waals surface area contributed by atoms with Crippen LogP contribution in [-0.4, -0.2) is 6.61 Å². The molecular formula is C23H22Cl2FNO2. The molecule has 0 heterocycles. The van der Waals surface area contributed by atoms with E-state index in [9.17, 15) is 4.39 Å². The summed E-state index contributed by atoms with van der Waals surface area (Å²) in [7, 11) is 0. The Morgan fingerprint density at radius 1 is 0.828 bits per heavy atom. The van der Waals surface area contributed by atoms with E-state index in [0.29, 0.717) is 47.8 Å². The van der Waals surface area contributed by atoms with Crippen molar-refractivity contribution in [1.82, 2.24) is 5.32 Å². The third kappa shape index (κ3) is 6.36. The second-order valence-corrected chi connectivity index (χ2v) is 7.33. The molecule has 0 saturated heterocycles. The molecule has 0 aliphatic rings. The molecular weight excluding hydrogens is 412 g/mol. The van der Waals surface area contributed by atoms with Gasteiger partial charge in [-0.3, -0.25) is 0 Å². The van der Waals surface area contributed by atoms with Gasteiger partial charge in [0.15, 0.2) is 11.5 Å². The largest absolute Gasteiger partial charge is 0.490 e. The number of benzene rings is 3. The van der Waals surface area contributed by atoms with E-state index in [1.54, 1.807) is 12.1 Å². The fraction of sp³-hybridized carbons (Fsp3) is 0.217. The van der Waals surface area contributed by atoms with Gasteiger partial charge < -0.3 is 14.8 Å². The molecule has 3 rings (SSSR count). The average molecular weight is 434 g/mol. The Morgan fingerprint density at radius 3 is 2.17 bits per heavy atom. The second-order valence-electron chi connectivity index (χ2n) is 6.48. The van der Waals surface area contributed by atoms with Crippen molar-refractivity contribution >= 4 is 23.2 Å². The van der Waals surface area contributed by atoms with Crippen LogP contribution in [0.3, 0.4) is 0 Å². The van der Waals surface area contributed by atoms with Gasteiger partial charge in [-0.15, -0.1) is 0 Å². The van der Waals surface area contributed by atoms with Gasteiger partial charge in [0.2, 0.25) is 0 Å². The lowest BCUT2D eigenvalue weighted by Gasteiger charge is -2.16. The first-order valence-electron chi connectivity index (χ1n) is 9.32. The quantitative estimate of drug-likeness (QED) is 0.423. The van der Waals surface area contributed by atoms with Crippen LogP contribution < -0.4 is 14.8 Å². The van der Waals surface area contributed by atoms with E-state index in [4.69, 9.17) is 32.7 Å². The average Bonchev–Trinajstić information content (AvgIpc) is 2.70. The van der Waals surface area contributed by atoms with Crippen molar-refractivity contribution in [2.45, 2.75) is 26.6 Å². The first-order valence-corrected chi connectivity index (χ1v) is 10.1. The highest BCUT2D eigenvalue weighted by molar-refractivity contribution is 6.32. The molecule has 3 aromatic carbocycles. The first-order chi connectivity index (χ1) is 14.0. The highest BCUT2D eigenvalue weighted by Crippen LogP contribution is 2.37. The summed E-state index contributed by atoms with van der Waals surface area (Å²) in [6, 6.07) is 17.7. The van der Waals surface area contributed by atoms with E-state index in [-0.39, 0.29) is 5.82 Å². The number of ether oxygens (including phenoxy) is 2. The molecule has 1 N–H and O–H groups in total. The van der Waals surface area contributed by atoms with Gasteiger partial charge in [0, 0.05) is 18.1 Å². The fourth-order valence-electron chi connectivity index (χ4n) is 2.82. The van der Waals surface area contributed by atoms with Crippen LogP contribution in [0.2, 0.25) is 10.0 Å². The summed E-state index contributed by atoms with van der Waals surface area (Å²) in [6.07, 6.45) is 0. The Labute approximate surface area is 180 Å². The highest BCUT2D eigenvalue weighted by Gasteiger charge is 2.13. The van der Waals surface area contributed by atoms with Crippen molar-refractivity contribution in [2.24, 2.45) is 0 Å². The van der Waals surface area contributed by atoms with Crippen molar-refractivity contribution < 1.29 is 13.9 Å². The van der Waals surface area contributed by atoms with Gasteiger partial charge in [0.1, 0.15) is 12.4 Å². The number of nitrogens with one attached hydrogen (secondary N) is 1. The Kier molecular flexibility index (Phi) is 7.76. The summed E-state index contributed by atoms with van der Waals surface area (Å²) >= 11 is 12.4. The molecule has 6 heteroatoms. The van der Waals surface area contributed by atoms with Crippen molar-refractivity contribution in [2.75, 3.05) is 6.61 Å². The molecule has 0 saturated carbocycles. The molecule has 0 bridgehead atoms. The van der Waals surface area contributed by atoms with Crippen molar-refractivity contribution in [3.8, 4) is 11.5 Å². The van der Waals surface area contributed by atoms with E-state index in [1.807, 2.05) is 43.3 Å². The third-order valence-corrected chi connectivity index (χ3v) is 4.77. The molecule has 0 amide bonds. The van der Waals surface area contributed by atoms with E-state index in [0.717, 1.165) is 16.7 Å². The fourth-order valence-corrected chi connectivity index (χ4v) is 3.23. The Morgan fingerprint density at radius 2 is 1.48 bits per heavy atom. The van der Waals surface area contributed by atoms with Gasteiger partial charge >= 0.3 is 0 Å². The maximum atomic E-state index is 13.0. The molecule has 3 aromatic rings. The summed E-state index contributed by atoms with van der Waals surface area (Å²) < 4.78 is 24.7. The van der Waals surface area contributed by atoms with Crippen LogP contribution in [0.5, 0.6) is 11.5 Å². The lowest BCUT2D eigenvalue weighted by Crippen LogP contribution is -2.13. The number of rotatable bonds is 9. The zero-order valence-corrected chi connectivity index (χ0v) is 17.6. The number of hydrogen-bond donors (Lipinski definition) is 1. The first kappa shape index (κ1) is 21.4. The molecule has 0 radical (unpaired) electrons. The SMILES string of the molecule is CCOc1cc(CNCc2ccc(F)cc2)cc(Cl)c1OCc1ccc(Cl)cc1. The maximum absolute atomic E-state index is 13.0. The van der Waals surface area contributed by atoms with Crippen LogP contribution in [0.15, 0.2) is 60.7 Å². The van der Waals surface area contributed by atoms with Crippen molar-refractivity contribution in [1.29, 1.82) is 0 Å². The van der Waals surface area contributed by atoms with Crippen LogP contribution >= 0.6 is 23.2 Å². The molecule has 0 fully saturated rings. The number of hydrogen-bond acceptors (Lipinski definition) is 3. The summed E-state index contributed by atoms with van der Waals surface area (Å²) in [6.45, 7) is 3.99. The number of halogens is 3. The minimum absolute atomic E-state index is 0.240. The van der Waals surface area contributed by atoms with E-state index in [2.05, 4.69) is 5.32 Å². The summed E-state index contributed by atoms with van der Waals surface area (Å²) in [4.78, 5) is 0. The predicted octanol–water partition coefficient (Wildman–Crippen LogP) is 6.40. The van der Waals surface area contributed by atoms with Crippen LogP contribution in [0.1, 0.15) is 23.6 Å². The summed E-state index contributed by atoms with van der Waals surface area (Å²) in [5, 5.41) is 4.50. The van der Waals surface area contributed by atoms with Gasteiger partial charge in [0.25, 0.3) is 0 Å². The molecule has 0 unspecified atom stereocenters. The highest BCUT2D eigenvalue weighted by atomic mass is 35.5. The zero-order chi connectivity index (χ0) is 20.6. The lowest BCUT2D eigenvalue weighted by atomic mass is 10.1. The topological polar surface area (TPSA) is 30.5 Å². The molecule has 29 heavy (non-hydrogen) atoms. The van der Waals surface area contributed by atoms with Crippen LogP contribution in [-0.2, 0) is 19.7 Å². The zero-order valence-electron chi connectivity index (χ0n) is 16.1. The van der Waals surface area contributed by atoms with Crippen LogP contribution in [0.25, 0.3) is 0 Å². The maximum Gasteiger partial charge on any atom is 0.180 e. The standard InChI is InChI=1S/C23H22Cl2FNO2/c1-2-28-22-12-18(14-27-13-16-5-9-20(26)10-6-16)11-21(25)23(22)29-15-17-3-7-19(24)8-4-17/h3-12,27H,2,13-15H2,1H3. The second kappa shape index (κ2) is 10.5. The van der Waals surface area contributed by atoms with Crippen molar-refractivity contribution in [3.63, 3.8) is 0 Å². The Bertz CT molecular complexity index is 931. The van der Waals surface area contributed by atoms with E-state index < -0.39 is 0 Å². The van der Waals surface area contributed by atoms with Gasteiger partial charge in [-0.2, -0.15) is 0 Å². The normalized spacial score (nSPS) is 10.8. The molecule has 0 spiro atoms. The molecule has 0 aromatic heterocycles. The minimum Gasteiger partial charge on any atom is -0.490 e. The van der Waals surface area contributed by atoms with Crippen LogP contribution in [0.4, 0.5) is 4.39 Å². The lowest BCUT2D eigenvalue weighted by molar-refractivity contribution is 0.269. The monoisotopic (exact) mass is 433 g/mol. The minimum atomic E-state index is -0.240. The van der Waals surface area contributed by atoms with Gasteiger partial charge in [-0.05, 0) is 60.0 Å². The Hall–Kier alpha value is -2.27. The van der Waals surface area contributed by atoms with Gasteiger partial charge in [-0.1, -0.05) is 47.5 Å². The third-order valence-electron chi connectivity index (χ3n) is 4.24. The van der Waals surface area contributed by atoms with Gasteiger partial charge in [0.05, 0.1) is 11.6 Å². The predicted molar refractivity (Wildman–Crippen MR) is 115 cm³/mol. The van der Waals surface area contributed by atoms with Gasteiger partial charge in [-0.25, -0.2) is 4.39 Å². The smallest absolute Gasteiger partial charge is 0.180 e. The molecule has 0 aliphatic heterocycles. The van der Waals surface area contributed by atoms with Crippen LogP contribution in [0, 0.1) is 5.82 Å². The van der Waals surface area contributed by atoms with E-state index in [1.165, 1.54) is 12.1 Å². The molecule has 0 aliphatic carbocycles. The summed E-state index contributed by atoms with van der Waals surface area (Å²) in [5.41, 5.74) is 2.96. The Balaban J connectivity index is 1.66.